The highest BCUT2D eigenvalue weighted by molar-refractivity contribution is 4.78. The minimum atomic E-state index is 0.783. The number of rotatable bonds is 6. The van der Waals surface area contributed by atoms with Crippen LogP contribution in [0, 0.1) is 11.8 Å². The van der Waals surface area contributed by atoms with Gasteiger partial charge in [0.25, 0.3) is 0 Å². The van der Waals surface area contributed by atoms with Gasteiger partial charge in [0.1, 0.15) is 0 Å². The molecule has 3 heteroatoms. The summed E-state index contributed by atoms with van der Waals surface area (Å²) in [5.74, 6) is 1.75. The highest BCUT2D eigenvalue weighted by atomic mass is 15.2. The Morgan fingerprint density at radius 1 is 1.06 bits per heavy atom. The molecule has 0 radical (unpaired) electrons. The number of nitrogens with one attached hydrogen (secondary N) is 1. The molecule has 2 aliphatic heterocycles. The first-order valence-electron chi connectivity index (χ1n) is 7.87. The number of likely N-dealkylation sites (tertiary alicyclic amines) is 2. The SMILES string of the molecule is CNCC(C)CN1CCC(CN2CCCC2)CC1. The lowest BCUT2D eigenvalue weighted by Crippen LogP contribution is -2.41. The van der Waals surface area contributed by atoms with Crippen LogP contribution in [0.4, 0.5) is 0 Å². The number of nitrogens with zero attached hydrogens (tertiary/aromatic N) is 2. The predicted octanol–water partition coefficient (Wildman–Crippen LogP) is 1.65. The van der Waals surface area contributed by atoms with Gasteiger partial charge in [-0.15, -0.1) is 0 Å². The summed E-state index contributed by atoms with van der Waals surface area (Å²) in [6.07, 6.45) is 5.70. The summed E-state index contributed by atoms with van der Waals surface area (Å²) in [5, 5.41) is 3.28. The molecule has 106 valence electrons. The molecule has 2 fully saturated rings. The van der Waals surface area contributed by atoms with Gasteiger partial charge < -0.3 is 15.1 Å². The quantitative estimate of drug-likeness (QED) is 0.776. The van der Waals surface area contributed by atoms with Gasteiger partial charge in [-0.1, -0.05) is 6.92 Å². The molecule has 0 aromatic rings. The van der Waals surface area contributed by atoms with E-state index in [1.54, 1.807) is 0 Å². The van der Waals surface area contributed by atoms with Gasteiger partial charge >= 0.3 is 0 Å². The van der Waals surface area contributed by atoms with Gasteiger partial charge in [-0.25, -0.2) is 0 Å². The Bertz CT molecular complexity index is 218. The molecule has 0 bridgehead atoms. The third-order valence-electron chi connectivity index (χ3n) is 4.54. The minimum absolute atomic E-state index is 0.783. The van der Waals surface area contributed by atoms with E-state index >= 15 is 0 Å². The number of hydrogen-bond donors (Lipinski definition) is 1. The van der Waals surface area contributed by atoms with Crippen molar-refractivity contribution in [1.29, 1.82) is 0 Å². The van der Waals surface area contributed by atoms with E-state index in [9.17, 15) is 0 Å². The average molecular weight is 253 g/mol. The van der Waals surface area contributed by atoms with E-state index in [1.807, 2.05) is 0 Å². The summed E-state index contributed by atoms with van der Waals surface area (Å²) in [6.45, 7) is 11.5. The van der Waals surface area contributed by atoms with Crippen molar-refractivity contribution >= 4 is 0 Å². The van der Waals surface area contributed by atoms with E-state index in [0.29, 0.717) is 0 Å². The van der Waals surface area contributed by atoms with Crippen LogP contribution in [0.25, 0.3) is 0 Å². The second kappa shape index (κ2) is 7.46. The third-order valence-corrected chi connectivity index (χ3v) is 4.54. The maximum Gasteiger partial charge on any atom is 0.00191 e. The second-order valence-corrected chi connectivity index (χ2v) is 6.41. The molecule has 1 unspecified atom stereocenters. The monoisotopic (exact) mass is 253 g/mol. The van der Waals surface area contributed by atoms with Crippen LogP contribution in [0.1, 0.15) is 32.6 Å². The van der Waals surface area contributed by atoms with Crippen LogP contribution in [-0.4, -0.2) is 62.7 Å². The average Bonchev–Trinajstić information content (AvgIpc) is 2.85. The Balaban J connectivity index is 1.61. The maximum atomic E-state index is 3.28. The van der Waals surface area contributed by atoms with Gasteiger partial charge in [0.05, 0.1) is 0 Å². The molecular formula is C15H31N3. The summed E-state index contributed by atoms with van der Waals surface area (Å²) in [4.78, 5) is 5.35. The summed E-state index contributed by atoms with van der Waals surface area (Å²) >= 11 is 0. The van der Waals surface area contributed by atoms with Crippen LogP contribution < -0.4 is 5.32 Å². The first kappa shape index (κ1) is 14.3. The lowest BCUT2D eigenvalue weighted by molar-refractivity contribution is 0.140. The molecule has 18 heavy (non-hydrogen) atoms. The van der Waals surface area contributed by atoms with Crippen LogP contribution in [0.5, 0.6) is 0 Å². The smallest absolute Gasteiger partial charge is 0.00191 e. The van der Waals surface area contributed by atoms with E-state index in [2.05, 4.69) is 29.1 Å². The molecule has 1 N–H and O–H groups in total. The molecule has 0 aliphatic carbocycles. The molecular weight excluding hydrogens is 222 g/mol. The van der Waals surface area contributed by atoms with E-state index in [-0.39, 0.29) is 0 Å². The molecule has 0 spiro atoms. The first-order chi connectivity index (χ1) is 8.78. The lowest BCUT2D eigenvalue weighted by atomic mass is 9.95. The topological polar surface area (TPSA) is 18.5 Å². The summed E-state index contributed by atoms with van der Waals surface area (Å²) in [6, 6.07) is 0. The van der Waals surface area contributed by atoms with E-state index in [4.69, 9.17) is 0 Å². The van der Waals surface area contributed by atoms with E-state index < -0.39 is 0 Å². The fourth-order valence-corrected chi connectivity index (χ4v) is 3.54. The molecule has 1 atom stereocenters. The molecule has 2 heterocycles. The van der Waals surface area contributed by atoms with Gasteiger partial charge in [-0.2, -0.15) is 0 Å². The van der Waals surface area contributed by atoms with Crippen LogP contribution >= 0.6 is 0 Å². The largest absolute Gasteiger partial charge is 0.319 e. The van der Waals surface area contributed by atoms with Gasteiger partial charge in [0, 0.05) is 13.1 Å². The molecule has 2 aliphatic rings. The molecule has 3 nitrogen and oxygen atoms in total. The fraction of sp³-hybridized carbons (Fsp3) is 1.00. The Morgan fingerprint density at radius 2 is 1.72 bits per heavy atom. The zero-order valence-corrected chi connectivity index (χ0v) is 12.3. The van der Waals surface area contributed by atoms with Gasteiger partial charge in [0.15, 0.2) is 0 Å². The Kier molecular flexibility index (Phi) is 5.93. The zero-order chi connectivity index (χ0) is 12.8. The van der Waals surface area contributed by atoms with Crippen molar-refractivity contribution in [3.8, 4) is 0 Å². The minimum Gasteiger partial charge on any atom is -0.319 e. The second-order valence-electron chi connectivity index (χ2n) is 6.41. The van der Waals surface area contributed by atoms with Crippen LogP contribution in [0.15, 0.2) is 0 Å². The van der Waals surface area contributed by atoms with Crippen molar-refractivity contribution in [2.24, 2.45) is 11.8 Å². The van der Waals surface area contributed by atoms with Crippen LogP contribution in [0.2, 0.25) is 0 Å². The molecule has 0 aromatic heterocycles. The van der Waals surface area contributed by atoms with Crippen molar-refractivity contribution in [3.63, 3.8) is 0 Å². The zero-order valence-electron chi connectivity index (χ0n) is 12.3. The Labute approximate surface area is 113 Å². The molecule has 2 rings (SSSR count). The highest BCUT2D eigenvalue weighted by Gasteiger charge is 2.23. The third kappa shape index (κ3) is 4.52. The maximum absolute atomic E-state index is 3.28. The summed E-state index contributed by atoms with van der Waals surface area (Å²) in [5.41, 5.74) is 0. The summed E-state index contributed by atoms with van der Waals surface area (Å²) < 4.78 is 0. The Morgan fingerprint density at radius 3 is 2.33 bits per heavy atom. The molecule has 0 saturated carbocycles. The number of piperidine rings is 1. The molecule has 2 saturated heterocycles. The van der Waals surface area contributed by atoms with Crippen molar-refractivity contribution in [3.05, 3.63) is 0 Å². The van der Waals surface area contributed by atoms with E-state index in [0.717, 1.165) is 18.4 Å². The Hall–Kier alpha value is -0.120. The van der Waals surface area contributed by atoms with E-state index in [1.165, 1.54) is 65.0 Å². The first-order valence-corrected chi connectivity index (χ1v) is 7.87. The van der Waals surface area contributed by atoms with Gasteiger partial charge in [-0.05, 0) is 77.3 Å². The van der Waals surface area contributed by atoms with Crippen molar-refractivity contribution in [2.45, 2.75) is 32.6 Å². The van der Waals surface area contributed by atoms with Crippen molar-refractivity contribution in [2.75, 3.05) is 52.9 Å². The molecule has 0 amide bonds. The lowest BCUT2D eigenvalue weighted by Gasteiger charge is -2.35. The predicted molar refractivity (Wildman–Crippen MR) is 77.9 cm³/mol. The normalized spacial score (nSPS) is 25.7. The fourth-order valence-electron chi connectivity index (χ4n) is 3.54. The van der Waals surface area contributed by atoms with Gasteiger partial charge in [0.2, 0.25) is 0 Å². The van der Waals surface area contributed by atoms with Crippen molar-refractivity contribution < 1.29 is 0 Å². The summed E-state index contributed by atoms with van der Waals surface area (Å²) in [7, 11) is 2.05. The van der Waals surface area contributed by atoms with Crippen molar-refractivity contribution in [1.82, 2.24) is 15.1 Å². The molecule has 0 aromatic carbocycles. The van der Waals surface area contributed by atoms with Gasteiger partial charge in [-0.3, -0.25) is 0 Å². The number of hydrogen-bond acceptors (Lipinski definition) is 3. The standard InChI is InChI=1S/C15H31N3/c1-14(11-16-2)12-18-9-5-15(6-10-18)13-17-7-3-4-8-17/h14-16H,3-13H2,1-2H3. The van der Waals surface area contributed by atoms with Crippen LogP contribution in [0.3, 0.4) is 0 Å². The van der Waals surface area contributed by atoms with Crippen LogP contribution in [-0.2, 0) is 0 Å². The highest BCUT2D eigenvalue weighted by Crippen LogP contribution is 2.21.